The first-order chi connectivity index (χ1) is 10.1. The molecule has 7 heteroatoms. The second-order valence-electron chi connectivity index (χ2n) is 5.45. The highest BCUT2D eigenvalue weighted by molar-refractivity contribution is 8.14. The van der Waals surface area contributed by atoms with Crippen molar-refractivity contribution in [2.75, 3.05) is 5.32 Å². The van der Waals surface area contributed by atoms with E-state index in [4.69, 9.17) is 16.3 Å². The minimum Gasteiger partial charge on any atom is -0.423 e. The molecule has 4 nitrogen and oxygen atoms in total. The SMILES string of the molecule is O=C(Nc1ccc2c(c1Cl)B(O)OC2)SC1CCCCC1. The van der Waals surface area contributed by atoms with Crippen LogP contribution in [0.25, 0.3) is 0 Å². The van der Waals surface area contributed by atoms with Gasteiger partial charge in [-0.1, -0.05) is 48.7 Å². The molecule has 1 aromatic rings. The highest BCUT2D eigenvalue weighted by Crippen LogP contribution is 2.31. The van der Waals surface area contributed by atoms with E-state index in [-0.39, 0.29) is 5.24 Å². The van der Waals surface area contributed by atoms with Crippen LogP contribution in [0, 0.1) is 0 Å². The van der Waals surface area contributed by atoms with Crippen molar-refractivity contribution in [3.05, 3.63) is 22.7 Å². The Morgan fingerprint density at radius 3 is 2.90 bits per heavy atom. The van der Waals surface area contributed by atoms with Gasteiger partial charge in [-0.2, -0.15) is 0 Å². The van der Waals surface area contributed by atoms with Crippen LogP contribution in [-0.2, 0) is 11.3 Å². The molecule has 0 aromatic heterocycles. The normalized spacial score (nSPS) is 18.7. The van der Waals surface area contributed by atoms with Gasteiger partial charge in [0.2, 0.25) is 0 Å². The van der Waals surface area contributed by atoms with Crippen LogP contribution in [0.15, 0.2) is 12.1 Å². The molecule has 1 amide bonds. The molecule has 0 unspecified atom stereocenters. The van der Waals surface area contributed by atoms with Crippen LogP contribution in [0.5, 0.6) is 0 Å². The van der Waals surface area contributed by atoms with Crippen molar-refractivity contribution in [1.82, 2.24) is 0 Å². The van der Waals surface area contributed by atoms with Gasteiger partial charge in [-0.05, 0) is 24.5 Å². The molecule has 0 bridgehead atoms. The van der Waals surface area contributed by atoms with Crippen LogP contribution >= 0.6 is 23.4 Å². The lowest BCUT2D eigenvalue weighted by molar-refractivity contribution is 0.269. The molecule has 1 aliphatic carbocycles. The van der Waals surface area contributed by atoms with Crippen LogP contribution in [0.4, 0.5) is 10.5 Å². The standard InChI is InChI=1S/C14H17BClNO3S/c16-13-11(7-6-9-8-20-15(19)12(9)13)17-14(18)21-10-4-2-1-3-5-10/h6-7,10,19H,1-5,8H2,(H,17,18). The number of rotatable bonds is 2. The van der Waals surface area contributed by atoms with Crippen molar-refractivity contribution >= 4 is 46.9 Å². The Morgan fingerprint density at radius 2 is 2.14 bits per heavy atom. The molecule has 0 spiro atoms. The van der Waals surface area contributed by atoms with Crippen molar-refractivity contribution in [3.63, 3.8) is 0 Å². The van der Waals surface area contributed by atoms with Crippen molar-refractivity contribution in [2.45, 2.75) is 44.0 Å². The molecule has 1 saturated carbocycles. The number of carbonyl (C=O) groups excluding carboxylic acids is 1. The van der Waals surface area contributed by atoms with Crippen LogP contribution in [0.1, 0.15) is 37.7 Å². The summed E-state index contributed by atoms with van der Waals surface area (Å²) in [6, 6.07) is 3.60. The van der Waals surface area contributed by atoms with Gasteiger partial charge >= 0.3 is 7.12 Å². The molecule has 0 radical (unpaired) electrons. The van der Waals surface area contributed by atoms with Gasteiger partial charge in [0.15, 0.2) is 0 Å². The molecular weight excluding hydrogens is 308 g/mol. The van der Waals surface area contributed by atoms with Crippen LogP contribution in [0.3, 0.4) is 0 Å². The van der Waals surface area contributed by atoms with E-state index in [0.717, 1.165) is 18.4 Å². The number of hydrogen-bond acceptors (Lipinski definition) is 4. The van der Waals surface area contributed by atoms with E-state index in [1.165, 1.54) is 31.0 Å². The maximum absolute atomic E-state index is 12.1. The number of nitrogens with one attached hydrogen (secondary N) is 1. The van der Waals surface area contributed by atoms with Gasteiger partial charge in [0.05, 0.1) is 17.3 Å². The highest BCUT2D eigenvalue weighted by Gasteiger charge is 2.31. The first kappa shape index (κ1) is 15.2. The Kier molecular flexibility index (Phi) is 4.79. The number of benzene rings is 1. The van der Waals surface area contributed by atoms with Crippen molar-refractivity contribution < 1.29 is 14.5 Å². The van der Waals surface area contributed by atoms with Gasteiger partial charge in [0.25, 0.3) is 5.24 Å². The van der Waals surface area contributed by atoms with Crippen LogP contribution in [0.2, 0.25) is 5.02 Å². The zero-order valence-corrected chi connectivity index (χ0v) is 13.2. The summed E-state index contributed by atoms with van der Waals surface area (Å²) in [5.74, 6) is 0. The summed E-state index contributed by atoms with van der Waals surface area (Å²) < 4.78 is 5.14. The molecule has 1 heterocycles. The molecule has 1 aliphatic heterocycles. The number of halogens is 1. The Balaban J connectivity index is 1.67. The third-order valence-corrected chi connectivity index (χ3v) is 5.50. The molecule has 1 aromatic carbocycles. The predicted molar refractivity (Wildman–Crippen MR) is 87.3 cm³/mol. The number of anilines is 1. The molecule has 2 aliphatic rings. The summed E-state index contributed by atoms with van der Waals surface area (Å²) in [7, 11) is -1.00. The van der Waals surface area contributed by atoms with Crippen molar-refractivity contribution in [2.24, 2.45) is 0 Å². The summed E-state index contributed by atoms with van der Waals surface area (Å²) in [4.78, 5) is 12.1. The fourth-order valence-electron chi connectivity index (χ4n) is 2.85. The number of thioether (sulfide) groups is 1. The summed E-state index contributed by atoms with van der Waals surface area (Å²) in [6.07, 6.45) is 5.88. The first-order valence-electron chi connectivity index (χ1n) is 7.23. The molecule has 0 atom stereocenters. The van der Waals surface area contributed by atoms with Gasteiger partial charge in [0, 0.05) is 10.7 Å². The number of fused-ring (bicyclic) bond motifs is 1. The Morgan fingerprint density at radius 1 is 1.38 bits per heavy atom. The average Bonchev–Trinajstić information content (AvgIpc) is 2.85. The van der Waals surface area contributed by atoms with Gasteiger partial charge in [0.1, 0.15) is 0 Å². The largest absolute Gasteiger partial charge is 0.493 e. The van der Waals surface area contributed by atoms with E-state index < -0.39 is 7.12 Å². The fourth-order valence-corrected chi connectivity index (χ4v) is 4.21. The van der Waals surface area contributed by atoms with Gasteiger partial charge in [-0.3, -0.25) is 4.79 Å². The van der Waals surface area contributed by atoms with Gasteiger partial charge in [-0.15, -0.1) is 0 Å². The number of carbonyl (C=O) groups is 1. The third-order valence-electron chi connectivity index (χ3n) is 3.98. The Hall–Kier alpha value is -0.685. The van der Waals surface area contributed by atoms with E-state index in [0.29, 0.717) is 28.0 Å². The fraction of sp³-hybridized carbons (Fsp3) is 0.500. The van der Waals surface area contributed by atoms with Gasteiger partial charge in [-0.25, -0.2) is 0 Å². The maximum Gasteiger partial charge on any atom is 0.493 e. The van der Waals surface area contributed by atoms with Crippen LogP contribution < -0.4 is 10.8 Å². The topological polar surface area (TPSA) is 58.6 Å². The average molecular weight is 326 g/mol. The van der Waals surface area contributed by atoms with Crippen molar-refractivity contribution in [1.29, 1.82) is 0 Å². The van der Waals surface area contributed by atoms with E-state index in [1.807, 2.05) is 6.07 Å². The minimum atomic E-state index is -1.00. The zero-order chi connectivity index (χ0) is 14.8. The summed E-state index contributed by atoms with van der Waals surface area (Å²) >= 11 is 7.63. The van der Waals surface area contributed by atoms with Crippen LogP contribution in [-0.4, -0.2) is 22.6 Å². The molecule has 0 saturated heterocycles. The van der Waals surface area contributed by atoms with E-state index in [2.05, 4.69) is 5.32 Å². The zero-order valence-electron chi connectivity index (χ0n) is 11.6. The Labute approximate surface area is 133 Å². The third kappa shape index (κ3) is 3.39. The number of hydrogen-bond donors (Lipinski definition) is 2. The lowest BCUT2D eigenvalue weighted by Gasteiger charge is -2.20. The number of amides is 1. The Bertz CT molecular complexity index is 551. The minimum absolute atomic E-state index is 0.0860. The molecule has 2 N–H and O–H groups in total. The van der Waals surface area contributed by atoms with E-state index in [9.17, 15) is 9.82 Å². The molecule has 3 rings (SSSR count). The highest BCUT2D eigenvalue weighted by atomic mass is 35.5. The summed E-state index contributed by atoms with van der Waals surface area (Å²) in [5.41, 5.74) is 1.97. The smallest absolute Gasteiger partial charge is 0.423 e. The van der Waals surface area contributed by atoms with E-state index >= 15 is 0 Å². The second-order valence-corrected chi connectivity index (χ2v) is 7.10. The second kappa shape index (κ2) is 6.61. The lowest BCUT2D eigenvalue weighted by atomic mass is 9.79. The maximum atomic E-state index is 12.1. The molecule has 112 valence electrons. The monoisotopic (exact) mass is 325 g/mol. The van der Waals surface area contributed by atoms with E-state index in [1.54, 1.807) is 6.07 Å². The molecule has 21 heavy (non-hydrogen) atoms. The summed E-state index contributed by atoms with van der Waals surface area (Å²) in [5, 5.41) is 13.3. The molecular formula is C14H17BClNO3S. The quantitative estimate of drug-likeness (QED) is 0.820. The lowest BCUT2D eigenvalue weighted by Crippen LogP contribution is -2.30. The predicted octanol–water partition coefficient (Wildman–Crippen LogP) is 3.16. The molecule has 1 fully saturated rings. The van der Waals surface area contributed by atoms with Gasteiger partial charge < -0.3 is 15.0 Å². The van der Waals surface area contributed by atoms with Crippen molar-refractivity contribution in [3.8, 4) is 0 Å². The first-order valence-corrected chi connectivity index (χ1v) is 8.49. The summed E-state index contributed by atoms with van der Waals surface area (Å²) in [6.45, 7) is 0.348.